The molecule has 1 aliphatic heterocycles. The highest BCUT2D eigenvalue weighted by molar-refractivity contribution is 8.18. The maximum Gasteiger partial charge on any atom is 0.293 e. The highest BCUT2D eigenvalue weighted by atomic mass is 32.2. The predicted molar refractivity (Wildman–Crippen MR) is 90.2 cm³/mol. The molecule has 2 aromatic rings. The van der Waals surface area contributed by atoms with E-state index in [2.05, 4.69) is 5.32 Å². The quantitative estimate of drug-likeness (QED) is 0.845. The van der Waals surface area contributed by atoms with Gasteiger partial charge in [-0.1, -0.05) is 30.3 Å². The van der Waals surface area contributed by atoms with E-state index in [4.69, 9.17) is 4.42 Å². The summed E-state index contributed by atoms with van der Waals surface area (Å²) in [7, 11) is 0. The zero-order valence-electron chi connectivity index (χ0n) is 12.6. The van der Waals surface area contributed by atoms with Crippen molar-refractivity contribution >= 4 is 34.9 Å². The predicted octanol–water partition coefficient (Wildman–Crippen LogP) is 2.75. The van der Waals surface area contributed by atoms with E-state index in [1.165, 1.54) is 18.6 Å². The van der Waals surface area contributed by atoms with Crippen LogP contribution in [0.25, 0.3) is 6.08 Å². The van der Waals surface area contributed by atoms with Crippen molar-refractivity contribution in [1.29, 1.82) is 0 Å². The number of nitrogens with zero attached hydrogens (tertiary/aromatic N) is 1. The first-order chi connectivity index (χ1) is 11.6. The van der Waals surface area contributed by atoms with Gasteiger partial charge in [0, 0.05) is 13.1 Å². The maximum absolute atomic E-state index is 12.3. The van der Waals surface area contributed by atoms with Crippen molar-refractivity contribution in [3.63, 3.8) is 0 Å². The van der Waals surface area contributed by atoms with Crippen LogP contribution < -0.4 is 5.32 Å². The van der Waals surface area contributed by atoms with Gasteiger partial charge in [0.25, 0.3) is 17.1 Å². The third-order valence-corrected chi connectivity index (χ3v) is 4.28. The largest absolute Gasteiger partial charge is 0.472 e. The molecule has 0 bridgehead atoms. The number of furan rings is 1. The van der Waals surface area contributed by atoms with Crippen LogP contribution in [0.5, 0.6) is 0 Å². The van der Waals surface area contributed by atoms with Gasteiger partial charge in [-0.3, -0.25) is 19.3 Å². The van der Waals surface area contributed by atoms with Crippen LogP contribution in [0.1, 0.15) is 15.9 Å². The summed E-state index contributed by atoms with van der Waals surface area (Å²) in [5.41, 5.74) is 1.25. The molecule has 24 heavy (non-hydrogen) atoms. The number of thioether (sulfide) groups is 1. The van der Waals surface area contributed by atoms with Crippen molar-refractivity contribution in [3.8, 4) is 0 Å². The number of carbonyl (C=O) groups is 3. The van der Waals surface area contributed by atoms with Crippen molar-refractivity contribution in [2.45, 2.75) is 0 Å². The van der Waals surface area contributed by atoms with Gasteiger partial charge in [0.05, 0.1) is 16.7 Å². The molecule has 0 spiro atoms. The minimum atomic E-state index is -0.341. The fourth-order valence-corrected chi connectivity index (χ4v) is 3.04. The first-order valence-corrected chi connectivity index (χ1v) is 8.07. The van der Waals surface area contributed by atoms with Gasteiger partial charge in [0.2, 0.25) is 0 Å². The van der Waals surface area contributed by atoms with Crippen molar-refractivity contribution in [1.82, 2.24) is 10.2 Å². The van der Waals surface area contributed by atoms with Gasteiger partial charge in [-0.15, -0.1) is 0 Å². The first kappa shape index (κ1) is 16.1. The Kier molecular flexibility index (Phi) is 4.81. The molecule has 1 aromatic heterocycles. The standard InChI is InChI=1S/C17H14N2O4S/c20-15(13-6-9-23-11-13)18-7-8-19-16(21)14(24-17(19)22)10-12-4-2-1-3-5-12/h1-6,9-11H,7-8H2,(H,18,20)/b14-10+. The monoisotopic (exact) mass is 342 g/mol. The van der Waals surface area contributed by atoms with Crippen LogP contribution in [0, 0.1) is 0 Å². The summed E-state index contributed by atoms with van der Waals surface area (Å²) in [6.07, 6.45) is 4.42. The lowest BCUT2D eigenvalue weighted by molar-refractivity contribution is -0.122. The summed E-state index contributed by atoms with van der Waals surface area (Å²) in [6, 6.07) is 10.9. The molecule has 1 fully saturated rings. The average molecular weight is 342 g/mol. The lowest BCUT2D eigenvalue weighted by Gasteiger charge is -2.12. The van der Waals surface area contributed by atoms with Gasteiger partial charge in [-0.05, 0) is 29.5 Å². The third kappa shape index (κ3) is 3.57. The number of hydrogen-bond donors (Lipinski definition) is 1. The SMILES string of the molecule is O=C(NCCN1C(=O)S/C(=C/c2ccccc2)C1=O)c1ccoc1. The minimum absolute atomic E-state index is 0.125. The molecule has 1 aromatic carbocycles. The molecule has 3 rings (SSSR count). The fourth-order valence-electron chi connectivity index (χ4n) is 2.17. The second-order valence-corrected chi connectivity index (χ2v) is 6.01. The Morgan fingerprint density at radius 2 is 2.00 bits per heavy atom. The molecule has 0 aliphatic carbocycles. The van der Waals surface area contributed by atoms with E-state index < -0.39 is 0 Å². The number of carbonyl (C=O) groups excluding carboxylic acids is 3. The van der Waals surface area contributed by atoms with Crippen LogP contribution in [-0.2, 0) is 4.79 Å². The highest BCUT2D eigenvalue weighted by Gasteiger charge is 2.34. The second kappa shape index (κ2) is 7.18. The maximum atomic E-state index is 12.3. The number of benzene rings is 1. The van der Waals surface area contributed by atoms with Crippen molar-refractivity contribution in [2.75, 3.05) is 13.1 Å². The van der Waals surface area contributed by atoms with Crippen LogP contribution in [0.2, 0.25) is 0 Å². The zero-order chi connectivity index (χ0) is 16.9. The van der Waals surface area contributed by atoms with E-state index in [-0.39, 0.29) is 30.1 Å². The van der Waals surface area contributed by atoms with Gasteiger partial charge in [0.15, 0.2) is 0 Å². The highest BCUT2D eigenvalue weighted by Crippen LogP contribution is 2.31. The average Bonchev–Trinajstić information content (AvgIpc) is 3.20. The van der Waals surface area contributed by atoms with Gasteiger partial charge in [-0.25, -0.2) is 0 Å². The molecule has 1 N–H and O–H groups in total. The molecule has 0 saturated carbocycles. The molecule has 3 amide bonds. The molecule has 1 saturated heterocycles. The normalized spacial score (nSPS) is 16.0. The van der Waals surface area contributed by atoms with Gasteiger partial charge >= 0.3 is 0 Å². The summed E-state index contributed by atoms with van der Waals surface area (Å²) in [4.78, 5) is 37.6. The molecule has 0 radical (unpaired) electrons. The molecule has 7 heteroatoms. The Balaban J connectivity index is 1.59. The van der Waals surface area contributed by atoms with Crippen molar-refractivity contribution in [2.24, 2.45) is 0 Å². The van der Waals surface area contributed by atoms with Crippen LogP contribution >= 0.6 is 11.8 Å². The van der Waals surface area contributed by atoms with Gasteiger partial charge < -0.3 is 9.73 Å². The van der Waals surface area contributed by atoms with E-state index in [0.29, 0.717) is 10.5 Å². The zero-order valence-corrected chi connectivity index (χ0v) is 13.4. The number of hydrogen-bond acceptors (Lipinski definition) is 5. The summed E-state index contributed by atoms with van der Waals surface area (Å²) in [5, 5.41) is 2.31. The van der Waals surface area contributed by atoms with E-state index >= 15 is 0 Å². The molecule has 1 aliphatic rings. The van der Waals surface area contributed by atoms with Gasteiger partial charge in [0.1, 0.15) is 6.26 Å². The number of imide groups is 1. The number of amides is 3. The molecule has 0 unspecified atom stereocenters. The molecular formula is C17H14N2O4S. The Morgan fingerprint density at radius 1 is 1.21 bits per heavy atom. The van der Waals surface area contributed by atoms with E-state index in [0.717, 1.165) is 22.2 Å². The van der Waals surface area contributed by atoms with Crippen molar-refractivity contribution in [3.05, 3.63) is 65.0 Å². The molecular weight excluding hydrogens is 328 g/mol. The van der Waals surface area contributed by atoms with Crippen LogP contribution in [0.3, 0.4) is 0 Å². The lowest BCUT2D eigenvalue weighted by Crippen LogP contribution is -2.37. The third-order valence-electron chi connectivity index (χ3n) is 3.38. The smallest absolute Gasteiger partial charge is 0.293 e. The summed E-state index contributed by atoms with van der Waals surface area (Å²) < 4.78 is 4.83. The lowest BCUT2D eigenvalue weighted by atomic mass is 10.2. The van der Waals surface area contributed by atoms with Crippen LogP contribution in [0.15, 0.2) is 58.2 Å². The molecule has 122 valence electrons. The number of nitrogens with one attached hydrogen (secondary N) is 1. The van der Waals surface area contributed by atoms with Crippen molar-refractivity contribution < 1.29 is 18.8 Å². The van der Waals surface area contributed by atoms with E-state index in [9.17, 15) is 14.4 Å². The molecule has 6 nitrogen and oxygen atoms in total. The summed E-state index contributed by atoms with van der Waals surface area (Å²) >= 11 is 0.904. The summed E-state index contributed by atoms with van der Waals surface area (Å²) in [6.45, 7) is 0.307. The Hall–Kier alpha value is -2.80. The number of rotatable bonds is 5. The van der Waals surface area contributed by atoms with Crippen LogP contribution in [0.4, 0.5) is 4.79 Å². The second-order valence-electron chi connectivity index (χ2n) is 5.01. The molecule has 2 heterocycles. The van der Waals surface area contributed by atoms with E-state index in [1.54, 1.807) is 6.08 Å². The topological polar surface area (TPSA) is 79.6 Å². The minimum Gasteiger partial charge on any atom is -0.472 e. The Labute approximate surface area is 142 Å². The van der Waals surface area contributed by atoms with Crippen LogP contribution in [-0.4, -0.2) is 35.0 Å². The summed E-state index contributed by atoms with van der Waals surface area (Å²) in [5.74, 6) is -0.651. The van der Waals surface area contributed by atoms with Gasteiger partial charge in [-0.2, -0.15) is 0 Å². The van der Waals surface area contributed by atoms with E-state index in [1.807, 2.05) is 30.3 Å². The molecule has 0 atom stereocenters. The first-order valence-electron chi connectivity index (χ1n) is 7.26. The Morgan fingerprint density at radius 3 is 2.71 bits per heavy atom. The fraction of sp³-hybridized carbons (Fsp3) is 0.118. The Bertz CT molecular complexity index is 784.